The molecule has 236 valence electrons. The summed E-state index contributed by atoms with van der Waals surface area (Å²) in [5.41, 5.74) is 9.92. The molecule has 0 saturated heterocycles. The van der Waals surface area contributed by atoms with E-state index in [1.54, 1.807) is 0 Å². The first-order valence-electron chi connectivity index (χ1n) is 17.3. The van der Waals surface area contributed by atoms with Crippen molar-refractivity contribution < 1.29 is 4.42 Å². The van der Waals surface area contributed by atoms with Crippen LogP contribution in [0.5, 0.6) is 0 Å². The van der Waals surface area contributed by atoms with E-state index < -0.39 is 0 Å². The normalized spacial score (nSPS) is 11.9. The van der Waals surface area contributed by atoms with E-state index in [1.165, 1.54) is 43.4 Å². The van der Waals surface area contributed by atoms with Crippen molar-refractivity contribution in [3.8, 4) is 33.6 Å². The van der Waals surface area contributed by atoms with E-state index in [4.69, 9.17) is 14.4 Å². The van der Waals surface area contributed by atoms with Crippen molar-refractivity contribution in [1.29, 1.82) is 0 Å². The van der Waals surface area contributed by atoms with Crippen molar-refractivity contribution in [3.05, 3.63) is 170 Å². The molecule has 11 rings (SSSR count). The molecule has 0 bridgehead atoms. The van der Waals surface area contributed by atoms with Crippen molar-refractivity contribution >= 4 is 76.1 Å². The first-order chi connectivity index (χ1) is 25.2. The molecular formula is C48H28N2O. The summed E-state index contributed by atoms with van der Waals surface area (Å²) in [5, 5.41) is 12.1. The Morgan fingerprint density at radius 3 is 1.41 bits per heavy atom. The standard InChI is InChI=1S/C48H28N2O/c1-2-9-37-35(7-1)36-8-3-4-10-38(36)41-27-33(19-23-39(37)41)29-13-15-30(16-14-29)43-24-20-31-17-18-32-21-25-44(50-48(32)47(31)49-43)34-22-26-46-42(28-34)40-11-5-6-12-45(40)51-46/h1-28H. The molecule has 3 aromatic heterocycles. The smallest absolute Gasteiger partial charge is 0.135 e. The summed E-state index contributed by atoms with van der Waals surface area (Å²) in [4.78, 5) is 10.4. The largest absolute Gasteiger partial charge is 0.456 e. The predicted octanol–water partition coefficient (Wildman–Crippen LogP) is 13.1. The van der Waals surface area contributed by atoms with Crippen LogP contribution < -0.4 is 0 Å². The number of nitrogens with zero attached hydrogens (tertiary/aromatic N) is 2. The fourth-order valence-electron chi connectivity index (χ4n) is 7.90. The number of hydrogen-bond donors (Lipinski definition) is 0. The Bertz CT molecular complexity index is 3160. The number of pyridine rings is 2. The maximum absolute atomic E-state index is 6.07. The second kappa shape index (κ2) is 10.8. The van der Waals surface area contributed by atoms with Gasteiger partial charge in [-0.2, -0.15) is 0 Å². The van der Waals surface area contributed by atoms with Gasteiger partial charge in [0.05, 0.1) is 22.4 Å². The van der Waals surface area contributed by atoms with Crippen LogP contribution in [0.2, 0.25) is 0 Å². The molecule has 0 N–H and O–H groups in total. The van der Waals surface area contributed by atoms with Crippen molar-refractivity contribution in [1.82, 2.24) is 9.97 Å². The van der Waals surface area contributed by atoms with Crippen molar-refractivity contribution in [3.63, 3.8) is 0 Å². The number of aromatic nitrogens is 2. The van der Waals surface area contributed by atoms with Gasteiger partial charge in [0.25, 0.3) is 0 Å². The average molecular weight is 649 g/mol. The predicted molar refractivity (Wildman–Crippen MR) is 213 cm³/mol. The minimum Gasteiger partial charge on any atom is -0.456 e. The molecule has 0 atom stereocenters. The summed E-state index contributed by atoms with van der Waals surface area (Å²) in [5.74, 6) is 0. The highest BCUT2D eigenvalue weighted by atomic mass is 16.3. The first-order valence-corrected chi connectivity index (χ1v) is 17.3. The Balaban J connectivity index is 0.986. The van der Waals surface area contributed by atoms with E-state index >= 15 is 0 Å². The van der Waals surface area contributed by atoms with Crippen molar-refractivity contribution in [2.75, 3.05) is 0 Å². The summed E-state index contributed by atoms with van der Waals surface area (Å²) in [6, 6.07) is 60.4. The van der Waals surface area contributed by atoms with Gasteiger partial charge in [-0.1, -0.05) is 127 Å². The second-order valence-corrected chi connectivity index (χ2v) is 13.3. The summed E-state index contributed by atoms with van der Waals surface area (Å²) < 4.78 is 6.07. The molecule has 11 aromatic rings. The molecule has 0 aliphatic heterocycles. The van der Waals surface area contributed by atoms with Crippen LogP contribution in [0.1, 0.15) is 0 Å². The van der Waals surface area contributed by atoms with E-state index in [-0.39, 0.29) is 0 Å². The summed E-state index contributed by atoms with van der Waals surface area (Å²) in [7, 11) is 0. The van der Waals surface area contributed by atoms with Gasteiger partial charge < -0.3 is 4.42 Å². The zero-order chi connectivity index (χ0) is 33.5. The Morgan fingerprint density at radius 1 is 0.294 bits per heavy atom. The van der Waals surface area contributed by atoms with Gasteiger partial charge in [0.2, 0.25) is 0 Å². The summed E-state index contributed by atoms with van der Waals surface area (Å²) >= 11 is 0. The van der Waals surface area contributed by atoms with Crippen LogP contribution in [0.25, 0.3) is 110 Å². The quantitative estimate of drug-likeness (QED) is 0.179. The molecule has 0 aliphatic carbocycles. The van der Waals surface area contributed by atoms with Crippen LogP contribution >= 0.6 is 0 Å². The Labute approximate surface area is 293 Å². The zero-order valence-electron chi connectivity index (χ0n) is 27.5. The lowest BCUT2D eigenvalue weighted by Gasteiger charge is -2.12. The first kappa shape index (κ1) is 28.0. The minimum atomic E-state index is 0.881. The van der Waals surface area contributed by atoms with Gasteiger partial charge in [-0.15, -0.1) is 0 Å². The lowest BCUT2D eigenvalue weighted by molar-refractivity contribution is 0.669. The van der Waals surface area contributed by atoms with Crippen LogP contribution in [0, 0.1) is 0 Å². The van der Waals surface area contributed by atoms with E-state index in [0.717, 1.165) is 66.3 Å². The molecule has 3 heterocycles. The lowest BCUT2D eigenvalue weighted by atomic mass is 9.92. The number of benzene rings is 8. The van der Waals surface area contributed by atoms with Gasteiger partial charge in [0.1, 0.15) is 11.2 Å². The van der Waals surface area contributed by atoms with E-state index in [9.17, 15) is 0 Å². The summed E-state index contributed by atoms with van der Waals surface area (Å²) in [6.07, 6.45) is 0. The topological polar surface area (TPSA) is 38.9 Å². The maximum atomic E-state index is 6.07. The fraction of sp³-hybridized carbons (Fsp3) is 0. The Morgan fingerprint density at radius 2 is 0.745 bits per heavy atom. The maximum Gasteiger partial charge on any atom is 0.135 e. The number of para-hydroxylation sites is 1. The number of rotatable bonds is 3. The van der Waals surface area contributed by atoms with Crippen molar-refractivity contribution in [2.45, 2.75) is 0 Å². The van der Waals surface area contributed by atoms with Crippen LogP contribution in [0.15, 0.2) is 174 Å². The highest BCUT2D eigenvalue weighted by Crippen LogP contribution is 2.38. The van der Waals surface area contributed by atoms with Gasteiger partial charge in [0, 0.05) is 32.7 Å². The average Bonchev–Trinajstić information content (AvgIpc) is 3.58. The molecule has 0 spiro atoms. The third-order valence-electron chi connectivity index (χ3n) is 10.5. The Kier molecular flexibility index (Phi) is 5.96. The van der Waals surface area contributed by atoms with Crippen LogP contribution in [0.3, 0.4) is 0 Å². The molecular weight excluding hydrogens is 621 g/mol. The van der Waals surface area contributed by atoms with Crippen LogP contribution in [-0.4, -0.2) is 9.97 Å². The van der Waals surface area contributed by atoms with Crippen LogP contribution in [-0.2, 0) is 0 Å². The third kappa shape index (κ3) is 4.38. The second-order valence-electron chi connectivity index (χ2n) is 13.3. The number of fused-ring (bicyclic) bond motifs is 12. The van der Waals surface area contributed by atoms with E-state index in [1.807, 2.05) is 24.3 Å². The zero-order valence-corrected chi connectivity index (χ0v) is 27.5. The van der Waals surface area contributed by atoms with Gasteiger partial charge in [-0.25, -0.2) is 9.97 Å². The fourth-order valence-corrected chi connectivity index (χ4v) is 7.90. The monoisotopic (exact) mass is 648 g/mol. The molecule has 51 heavy (non-hydrogen) atoms. The molecule has 8 aromatic carbocycles. The minimum absolute atomic E-state index is 0.881. The van der Waals surface area contributed by atoms with Crippen LogP contribution in [0.4, 0.5) is 0 Å². The Hall–Kier alpha value is -6.84. The van der Waals surface area contributed by atoms with Crippen molar-refractivity contribution in [2.24, 2.45) is 0 Å². The van der Waals surface area contributed by atoms with Gasteiger partial charge >= 0.3 is 0 Å². The van der Waals surface area contributed by atoms with E-state index in [0.29, 0.717) is 0 Å². The molecule has 0 saturated carbocycles. The van der Waals surface area contributed by atoms with E-state index in [2.05, 4.69) is 146 Å². The molecule has 0 unspecified atom stereocenters. The third-order valence-corrected chi connectivity index (χ3v) is 10.5. The SMILES string of the molecule is c1ccc2c(c1)oc1ccc(-c3ccc4ccc5ccc(-c6ccc(-c7ccc8c9ccccc9c9ccccc9c8c7)cc6)nc5c4n3)cc12. The highest BCUT2D eigenvalue weighted by Gasteiger charge is 2.13. The molecule has 0 radical (unpaired) electrons. The lowest BCUT2D eigenvalue weighted by Crippen LogP contribution is -1.91. The molecule has 3 heteroatoms. The summed E-state index contributed by atoms with van der Waals surface area (Å²) in [6.45, 7) is 0. The number of furan rings is 1. The molecule has 3 nitrogen and oxygen atoms in total. The van der Waals surface area contributed by atoms with Gasteiger partial charge in [-0.3, -0.25) is 0 Å². The molecule has 0 aliphatic rings. The number of hydrogen-bond acceptors (Lipinski definition) is 3. The van der Waals surface area contributed by atoms with Gasteiger partial charge in [0.15, 0.2) is 0 Å². The molecule has 0 fully saturated rings. The van der Waals surface area contributed by atoms with Gasteiger partial charge in [-0.05, 0) is 85.9 Å². The highest BCUT2D eigenvalue weighted by molar-refractivity contribution is 6.25. The molecule has 0 amide bonds.